The monoisotopic (exact) mass is 256 g/mol. The van der Waals surface area contributed by atoms with E-state index in [1.165, 1.54) is 0 Å². The second kappa shape index (κ2) is 5.99. The van der Waals surface area contributed by atoms with Gasteiger partial charge in [-0.15, -0.1) is 0 Å². The van der Waals surface area contributed by atoms with Crippen molar-refractivity contribution in [2.45, 2.75) is 37.4 Å². The van der Waals surface area contributed by atoms with Crippen LogP contribution >= 0.6 is 0 Å². The zero-order chi connectivity index (χ0) is 13.0. The predicted octanol–water partition coefficient (Wildman–Crippen LogP) is 0.392. The average Bonchev–Trinajstić information content (AvgIpc) is 2.47. The lowest BCUT2D eigenvalue weighted by atomic mass is 9.89. The minimum atomic E-state index is -0.610. The zero-order valence-electron chi connectivity index (χ0n) is 11.4. The lowest BCUT2D eigenvalue weighted by molar-refractivity contribution is -0.161. The SMILES string of the molecule is CO[C@@H]1CCCN(C(=O)C2(OC)CCNCC2)C1. The fourth-order valence-electron chi connectivity index (χ4n) is 2.94. The van der Waals surface area contributed by atoms with Crippen molar-refractivity contribution in [3.05, 3.63) is 0 Å². The summed E-state index contributed by atoms with van der Waals surface area (Å²) < 4.78 is 11.0. The number of ether oxygens (including phenoxy) is 2. The maximum atomic E-state index is 12.7. The largest absolute Gasteiger partial charge is 0.380 e. The molecule has 104 valence electrons. The van der Waals surface area contributed by atoms with Gasteiger partial charge in [0.15, 0.2) is 0 Å². The number of methoxy groups -OCH3 is 2. The van der Waals surface area contributed by atoms with E-state index in [0.717, 1.165) is 45.3 Å². The molecule has 5 heteroatoms. The summed E-state index contributed by atoms with van der Waals surface area (Å²) in [6.07, 6.45) is 3.76. The topological polar surface area (TPSA) is 50.8 Å². The number of amides is 1. The number of carbonyl (C=O) groups excluding carboxylic acids is 1. The van der Waals surface area contributed by atoms with Crippen molar-refractivity contribution in [2.75, 3.05) is 40.4 Å². The Kier molecular flexibility index (Phi) is 4.59. The van der Waals surface area contributed by atoms with E-state index in [1.807, 2.05) is 4.90 Å². The van der Waals surface area contributed by atoms with Gasteiger partial charge >= 0.3 is 0 Å². The molecule has 0 aliphatic carbocycles. The molecule has 0 bridgehead atoms. The molecular formula is C13H24N2O3. The van der Waals surface area contributed by atoms with E-state index in [4.69, 9.17) is 9.47 Å². The molecule has 1 N–H and O–H groups in total. The van der Waals surface area contributed by atoms with E-state index in [9.17, 15) is 4.79 Å². The quantitative estimate of drug-likeness (QED) is 0.794. The Morgan fingerprint density at radius 3 is 2.67 bits per heavy atom. The highest BCUT2D eigenvalue weighted by molar-refractivity contribution is 5.85. The number of hydrogen-bond donors (Lipinski definition) is 1. The Bertz CT molecular complexity index is 290. The Hall–Kier alpha value is -0.650. The Morgan fingerprint density at radius 2 is 2.06 bits per heavy atom. The van der Waals surface area contributed by atoms with Gasteiger partial charge in [-0.2, -0.15) is 0 Å². The van der Waals surface area contributed by atoms with E-state index in [2.05, 4.69) is 5.32 Å². The van der Waals surface area contributed by atoms with Crippen LogP contribution in [0.15, 0.2) is 0 Å². The fourth-order valence-corrected chi connectivity index (χ4v) is 2.94. The fraction of sp³-hybridized carbons (Fsp3) is 0.923. The van der Waals surface area contributed by atoms with Crippen molar-refractivity contribution in [3.63, 3.8) is 0 Å². The highest BCUT2D eigenvalue weighted by Gasteiger charge is 2.43. The van der Waals surface area contributed by atoms with Crippen molar-refractivity contribution in [1.29, 1.82) is 0 Å². The summed E-state index contributed by atoms with van der Waals surface area (Å²) >= 11 is 0. The molecule has 0 aromatic rings. The van der Waals surface area contributed by atoms with Crippen LogP contribution in [0.2, 0.25) is 0 Å². The first kappa shape index (κ1) is 13.8. The molecular weight excluding hydrogens is 232 g/mol. The second-order valence-corrected chi connectivity index (χ2v) is 5.20. The van der Waals surface area contributed by atoms with Crippen LogP contribution < -0.4 is 5.32 Å². The standard InChI is InChI=1S/C13H24N2O3/c1-17-11-4-3-9-15(10-11)12(16)13(18-2)5-7-14-8-6-13/h11,14H,3-10H2,1-2H3/t11-/m1/s1. The van der Waals surface area contributed by atoms with Gasteiger partial charge in [0, 0.05) is 27.3 Å². The maximum Gasteiger partial charge on any atom is 0.254 e. The summed E-state index contributed by atoms with van der Waals surface area (Å²) in [5.74, 6) is 0.147. The Morgan fingerprint density at radius 1 is 1.33 bits per heavy atom. The molecule has 0 spiro atoms. The first-order valence-corrected chi connectivity index (χ1v) is 6.80. The Balaban J connectivity index is 2.04. The summed E-state index contributed by atoms with van der Waals surface area (Å²) in [6.45, 7) is 3.23. The summed E-state index contributed by atoms with van der Waals surface area (Å²) in [5.41, 5.74) is -0.610. The van der Waals surface area contributed by atoms with Crippen molar-refractivity contribution in [3.8, 4) is 0 Å². The number of likely N-dealkylation sites (tertiary alicyclic amines) is 1. The van der Waals surface area contributed by atoms with Gasteiger partial charge in [0.1, 0.15) is 5.60 Å². The van der Waals surface area contributed by atoms with E-state index in [0.29, 0.717) is 6.54 Å². The van der Waals surface area contributed by atoms with Crippen LogP contribution in [-0.2, 0) is 14.3 Å². The van der Waals surface area contributed by atoms with E-state index in [-0.39, 0.29) is 12.0 Å². The highest BCUT2D eigenvalue weighted by atomic mass is 16.5. The van der Waals surface area contributed by atoms with Crippen LogP contribution in [0.5, 0.6) is 0 Å². The van der Waals surface area contributed by atoms with Crippen molar-refractivity contribution in [1.82, 2.24) is 10.2 Å². The maximum absolute atomic E-state index is 12.7. The van der Waals surface area contributed by atoms with Gasteiger partial charge in [-0.25, -0.2) is 0 Å². The zero-order valence-corrected chi connectivity index (χ0v) is 11.4. The first-order valence-electron chi connectivity index (χ1n) is 6.80. The van der Waals surface area contributed by atoms with Gasteiger partial charge in [-0.1, -0.05) is 0 Å². The molecule has 0 radical (unpaired) electrons. The van der Waals surface area contributed by atoms with Gasteiger partial charge in [0.05, 0.1) is 6.10 Å². The molecule has 2 fully saturated rings. The predicted molar refractivity (Wildman–Crippen MR) is 68.5 cm³/mol. The first-order chi connectivity index (χ1) is 8.72. The second-order valence-electron chi connectivity index (χ2n) is 5.20. The molecule has 0 saturated carbocycles. The van der Waals surface area contributed by atoms with E-state index < -0.39 is 5.60 Å². The summed E-state index contributed by atoms with van der Waals surface area (Å²) in [6, 6.07) is 0. The molecule has 2 aliphatic heterocycles. The van der Waals surface area contributed by atoms with Gasteiger partial charge in [-0.3, -0.25) is 4.79 Å². The number of piperidine rings is 2. The highest BCUT2D eigenvalue weighted by Crippen LogP contribution is 2.27. The molecule has 2 saturated heterocycles. The Labute approximate surface area is 109 Å². The number of hydrogen-bond acceptors (Lipinski definition) is 4. The minimum absolute atomic E-state index is 0.147. The van der Waals surface area contributed by atoms with Gasteiger partial charge in [0.25, 0.3) is 5.91 Å². The molecule has 1 atom stereocenters. The van der Waals surface area contributed by atoms with Crippen LogP contribution in [0, 0.1) is 0 Å². The van der Waals surface area contributed by atoms with Crippen LogP contribution in [0.3, 0.4) is 0 Å². The lowest BCUT2D eigenvalue weighted by Crippen LogP contribution is -2.57. The number of rotatable bonds is 3. The summed E-state index contributed by atoms with van der Waals surface area (Å²) in [5, 5.41) is 3.28. The number of nitrogens with one attached hydrogen (secondary N) is 1. The molecule has 18 heavy (non-hydrogen) atoms. The number of nitrogens with zero attached hydrogens (tertiary/aromatic N) is 1. The third-order valence-electron chi connectivity index (χ3n) is 4.19. The lowest BCUT2D eigenvalue weighted by Gasteiger charge is -2.41. The molecule has 0 aromatic carbocycles. The van der Waals surface area contributed by atoms with Crippen LogP contribution in [0.25, 0.3) is 0 Å². The van der Waals surface area contributed by atoms with Crippen LogP contribution in [-0.4, -0.2) is 62.9 Å². The molecule has 0 unspecified atom stereocenters. The molecule has 2 rings (SSSR count). The van der Waals surface area contributed by atoms with Crippen LogP contribution in [0.1, 0.15) is 25.7 Å². The van der Waals surface area contributed by atoms with Gasteiger partial charge < -0.3 is 19.7 Å². The molecule has 2 heterocycles. The molecule has 2 aliphatic rings. The van der Waals surface area contributed by atoms with Gasteiger partial charge in [-0.05, 0) is 38.8 Å². The summed E-state index contributed by atoms with van der Waals surface area (Å²) in [7, 11) is 3.37. The average molecular weight is 256 g/mol. The molecule has 0 aromatic heterocycles. The van der Waals surface area contributed by atoms with Crippen molar-refractivity contribution < 1.29 is 14.3 Å². The number of carbonyl (C=O) groups is 1. The van der Waals surface area contributed by atoms with E-state index >= 15 is 0 Å². The van der Waals surface area contributed by atoms with Crippen molar-refractivity contribution >= 4 is 5.91 Å². The smallest absolute Gasteiger partial charge is 0.254 e. The van der Waals surface area contributed by atoms with Crippen molar-refractivity contribution in [2.24, 2.45) is 0 Å². The molecule has 5 nitrogen and oxygen atoms in total. The normalized spacial score (nSPS) is 28.1. The third kappa shape index (κ3) is 2.68. The van der Waals surface area contributed by atoms with Gasteiger partial charge in [0.2, 0.25) is 0 Å². The van der Waals surface area contributed by atoms with E-state index in [1.54, 1.807) is 14.2 Å². The molecule has 1 amide bonds. The summed E-state index contributed by atoms with van der Waals surface area (Å²) in [4.78, 5) is 14.6. The third-order valence-corrected chi connectivity index (χ3v) is 4.19. The minimum Gasteiger partial charge on any atom is -0.380 e. The van der Waals surface area contributed by atoms with Crippen LogP contribution in [0.4, 0.5) is 0 Å².